The fourth-order valence-electron chi connectivity index (χ4n) is 2.50. The van der Waals surface area contributed by atoms with Crippen molar-refractivity contribution >= 4 is 23.1 Å². The number of rotatable bonds is 7. The Balaban J connectivity index is 1.99. The number of nitrogens with zero attached hydrogens (tertiary/aromatic N) is 2. The molecule has 1 fully saturated rings. The number of hydrogen-bond donors (Lipinski definition) is 2. The van der Waals surface area contributed by atoms with Gasteiger partial charge in [-0.05, 0) is 24.7 Å². The standard InChI is InChI=1S/C13H21ClN4O/c1-15-10-11(14)17-9-18-12(10)16-8-13(4-3-5-13)6-7-19-2/h9,15H,3-8H2,1-2H3,(H,16,17,18). The summed E-state index contributed by atoms with van der Waals surface area (Å²) in [5.74, 6) is 0.770. The van der Waals surface area contributed by atoms with Crippen molar-refractivity contribution < 1.29 is 4.74 Å². The van der Waals surface area contributed by atoms with Gasteiger partial charge >= 0.3 is 0 Å². The summed E-state index contributed by atoms with van der Waals surface area (Å²) in [5, 5.41) is 6.88. The van der Waals surface area contributed by atoms with Crippen LogP contribution >= 0.6 is 11.6 Å². The molecule has 2 N–H and O–H groups in total. The van der Waals surface area contributed by atoms with Gasteiger partial charge in [-0.2, -0.15) is 0 Å². The lowest BCUT2D eigenvalue weighted by Crippen LogP contribution is -2.37. The molecule has 2 rings (SSSR count). The molecule has 0 aromatic carbocycles. The molecule has 1 aliphatic carbocycles. The van der Waals surface area contributed by atoms with E-state index in [0.717, 1.165) is 31.1 Å². The molecular weight excluding hydrogens is 264 g/mol. The van der Waals surface area contributed by atoms with E-state index in [9.17, 15) is 0 Å². The van der Waals surface area contributed by atoms with E-state index in [1.165, 1.54) is 25.6 Å². The predicted molar refractivity (Wildman–Crippen MR) is 77.9 cm³/mol. The third-order valence-corrected chi connectivity index (χ3v) is 4.22. The summed E-state index contributed by atoms with van der Waals surface area (Å²) in [6.07, 6.45) is 6.36. The highest BCUT2D eigenvalue weighted by Gasteiger charge is 2.36. The second-order valence-electron chi connectivity index (χ2n) is 5.09. The molecule has 19 heavy (non-hydrogen) atoms. The van der Waals surface area contributed by atoms with Crippen LogP contribution < -0.4 is 10.6 Å². The molecule has 1 heterocycles. The third kappa shape index (κ3) is 3.28. The molecule has 1 aliphatic rings. The van der Waals surface area contributed by atoms with Gasteiger partial charge in [0.15, 0.2) is 11.0 Å². The average Bonchev–Trinajstić information content (AvgIpc) is 2.37. The van der Waals surface area contributed by atoms with Crippen LogP contribution in [0, 0.1) is 5.41 Å². The van der Waals surface area contributed by atoms with Gasteiger partial charge in [0.1, 0.15) is 12.0 Å². The van der Waals surface area contributed by atoms with Crippen LogP contribution in [0.3, 0.4) is 0 Å². The molecule has 0 aliphatic heterocycles. The smallest absolute Gasteiger partial charge is 0.157 e. The van der Waals surface area contributed by atoms with Crippen LogP contribution in [0.5, 0.6) is 0 Å². The Labute approximate surface area is 119 Å². The maximum atomic E-state index is 6.04. The highest BCUT2D eigenvalue weighted by Crippen LogP contribution is 2.44. The number of aromatic nitrogens is 2. The minimum absolute atomic E-state index is 0.346. The predicted octanol–water partition coefficient (Wildman–Crippen LogP) is 2.79. The molecular formula is C13H21ClN4O. The fraction of sp³-hybridized carbons (Fsp3) is 0.692. The van der Waals surface area contributed by atoms with E-state index in [2.05, 4.69) is 20.6 Å². The van der Waals surface area contributed by atoms with Crippen LogP contribution in [0.15, 0.2) is 6.33 Å². The lowest BCUT2D eigenvalue weighted by molar-refractivity contribution is 0.0812. The second kappa shape index (κ2) is 6.39. The minimum atomic E-state index is 0.346. The van der Waals surface area contributed by atoms with Crippen molar-refractivity contribution in [2.45, 2.75) is 25.7 Å². The Morgan fingerprint density at radius 2 is 2.21 bits per heavy atom. The molecule has 106 valence electrons. The van der Waals surface area contributed by atoms with Crippen LogP contribution in [-0.4, -0.2) is 37.3 Å². The lowest BCUT2D eigenvalue weighted by Gasteiger charge is -2.42. The Morgan fingerprint density at radius 3 is 2.79 bits per heavy atom. The van der Waals surface area contributed by atoms with Crippen LogP contribution in [0.2, 0.25) is 5.15 Å². The zero-order chi connectivity index (χ0) is 13.7. The summed E-state index contributed by atoms with van der Waals surface area (Å²) in [7, 11) is 3.57. The summed E-state index contributed by atoms with van der Waals surface area (Å²) in [4.78, 5) is 8.22. The molecule has 0 saturated heterocycles. The van der Waals surface area contributed by atoms with Crippen molar-refractivity contribution in [1.29, 1.82) is 0 Å². The lowest BCUT2D eigenvalue weighted by atomic mass is 9.67. The zero-order valence-electron chi connectivity index (χ0n) is 11.5. The van der Waals surface area contributed by atoms with Gasteiger partial charge in [0, 0.05) is 27.3 Å². The number of anilines is 2. The van der Waals surface area contributed by atoms with Crippen molar-refractivity contribution in [3.8, 4) is 0 Å². The molecule has 0 amide bonds. The van der Waals surface area contributed by atoms with Crippen LogP contribution in [-0.2, 0) is 4.74 Å². The summed E-state index contributed by atoms with van der Waals surface area (Å²) < 4.78 is 5.20. The third-order valence-electron chi connectivity index (χ3n) is 3.93. The molecule has 0 radical (unpaired) electrons. The quantitative estimate of drug-likeness (QED) is 0.754. The number of ether oxygens (including phenoxy) is 1. The van der Waals surface area contributed by atoms with Crippen LogP contribution in [0.1, 0.15) is 25.7 Å². The summed E-state index contributed by atoms with van der Waals surface area (Å²) in [6, 6.07) is 0. The fourth-order valence-corrected chi connectivity index (χ4v) is 2.73. The summed E-state index contributed by atoms with van der Waals surface area (Å²) in [5.41, 5.74) is 1.10. The van der Waals surface area contributed by atoms with Gasteiger partial charge in [-0.15, -0.1) is 0 Å². The van der Waals surface area contributed by atoms with Crippen molar-refractivity contribution in [2.75, 3.05) is 37.9 Å². The van der Waals surface area contributed by atoms with Crippen molar-refractivity contribution in [2.24, 2.45) is 5.41 Å². The first-order valence-corrected chi connectivity index (χ1v) is 7.00. The number of hydrogen-bond acceptors (Lipinski definition) is 5. The highest BCUT2D eigenvalue weighted by atomic mass is 35.5. The molecule has 1 aromatic heterocycles. The Bertz CT molecular complexity index is 423. The van der Waals surface area contributed by atoms with Gasteiger partial charge in [-0.3, -0.25) is 0 Å². The Hall–Kier alpha value is -1.07. The van der Waals surface area contributed by atoms with Gasteiger partial charge in [0.25, 0.3) is 0 Å². The van der Waals surface area contributed by atoms with E-state index < -0.39 is 0 Å². The topological polar surface area (TPSA) is 59.1 Å². The SMILES string of the molecule is CNc1c(Cl)ncnc1NCC1(CCOC)CCC1. The molecule has 0 unspecified atom stereocenters. The van der Waals surface area contributed by atoms with Gasteiger partial charge in [0.05, 0.1) is 0 Å². The normalized spacial score (nSPS) is 16.8. The van der Waals surface area contributed by atoms with Gasteiger partial charge < -0.3 is 15.4 Å². The van der Waals surface area contributed by atoms with E-state index in [1.54, 1.807) is 7.11 Å². The largest absolute Gasteiger partial charge is 0.385 e. The number of nitrogens with one attached hydrogen (secondary N) is 2. The van der Waals surface area contributed by atoms with E-state index >= 15 is 0 Å². The maximum absolute atomic E-state index is 6.04. The van der Waals surface area contributed by atoms with Gasteiger partial charge in [-0.1, -0.05) is 18.0 Å². The van der Waals surface area contributed by atoms with E-state index in [-0.39, 0.29) is 0 Å². The van der Waals surface area contributed by atoms with E-state index in [0.29, 0.717) is 10.6 Å². The summed E-state index contributed by atoms with van der Waals surface area (Å²) in [6.45, 7) is 1.71. The first kappa shape index (κ1) is 14.3. The highest BCUT2D eigenvalue weighted by molar-refractivity contribution is 6.32. The van der Waals surface area contributed by atoms with E-state index in [1.807, 2.05) is 7.05 Å². The molecule has 5 nitrogen and oxygen atoms in total. The molecule has 0 atom stereocenters. The first-order valence-electron chi connectivity index (χ1n) is 6.62. The molecule has 0 spiro atoms. The average molecular weight is 285 g/mol. The number of halogens is 1. The second-order valence-corrected chi connectivity index (χ2v) is 5.45. The van der Waals surface area contributed by atoms with Crippen LogP contribution in [0.4, 0.5) is 11.5 Å². The summed E-state index contributed by atoms with van der Waals surface area (Å²) >= 11 is 6.04. The van der Waals surface area contributed by atoms with Crippen LogP contribution in [0.25, 0.3) is 0 Å². The maximum Gasteiger partial charge on any atom is 0.157 e. The first-order chi connectivity index (χ1) is 9.21. The Morgan fingerprint density at radius 1 is 1.42 bits per heavy atom. The van der Waals surface area contributed by atoms with Crippen molar-refractivity contribution in [1.82, 2.24) is 9.97 Å². The van der Waals surface area contributed by atoms with Crippen molar-refractivity contribution in [3.63, 3.8) is 0 Å². The zero-order valence-corrected chi connectivity index (χ0v) is 12.3. The molecule has 1 saturated carbocycles. The molecule has 6 heteroatoms. The molecule has 0 bridgehead atoms. The van der Waals surface area contributed by atoms with E-state index in [4.69, 9.17) is 16.3 Å². The van der Waals surface area contributed by atoms with Crippen molar-refractivity contribution in [3.05, 3.63) is 11.5 Å². The molecule has 1 aromatic rings. The van der Waals surface area contributed by atoms with Gasteiger partial charge in [0.2, 0.25) is 0 Å². The monoisotopic (exact) mass is 284 g/mol. The van der Waals surface area contributed by atoms with Gasteiger partial charge in [-0.25, -0.2) is 9.97 Å². The Kier molecular flexibility index (Phi) is 4.82. The minimum Gasteiger partial charge on any atom is -0.385 e. The number of methoxy groups -OCH3 is 1.